The third kappa shape index (κ3) is 5.46. The molecular formula is C21H22AsClFN4O. The maximum absolute atomic E-state index is 13.4. The summed E-state index contributed by atoms with van der Waals surface area (Å²) in [5, 5.41) is 5.52. The van der Waals surface area contributed by atoms with Crippen LogP contribution in [0.15, 0.2) is 42.7 Å². The van der Waals surface area contributed by atoms with Crippen LogP contribution in [0.2, 0.25) is 10.2 Å². The van der Waals surface area contributed by atoms with Crippen LogP contribution in [0, 0.1) is 5.82 Å². The number of fused-ring (bicyclic) bond motifs is 1. The fourth-order valence-electron chi connectivity index (χ4n) is 3.28. The molecule has 0 saturated carbocycles. The molecule has 1 fully saturated rings. The number of benzene rings is 2. The topological polar surface area (TPSA) is 50.3 Å². The van der Waals surface area contributed by atoms with Gasteiger partial charge in [-0.15, -0.1) is 0 Å². The average Bonchev–Trinajstić information content (AvgIpc) is 2.75. The van der Waals surface area contributed by atoms with Crippen molar-refractivity contribution in [2.45, 2.75) is 11.6 Å². The summed E-state index contributed by atoms with van der Waals surface area (Å²) in [7, 11) is 0. The first-order valence-electron chi connectivity index (χ1n) is 9.63. The molecule has 0 spiro atoms. The second-order valence-corrected chi connectivity index (χ2v) is 9.96. The van der Waals surface area contributed by atoms with Crippen LogP contribution >= 0.6 is 11.6 Å². The number of nitrogens with zero attached hydrogens (tertiary/aromatic N) is 3. The Bertz CT molecular complexity index is 984. The molecule has 0 atom stereocenters. The number of rotatable bonds is 7. The van der Waals surface area contributed by atoms with Crippen LogP contribution in [0.3, 0.4) is 0 Å². The van der Waals surface area contributed by atoms with E-state index in [9.17, 15) is 4.39 Å². The van der Waals surface area contributed by atoms with Gasteiger partial charge in [-0.2, -0.15) is 0 Å². The summed E-state index contributed by atoms with van der Waals surface area (Å²) >= 11 is 5.98. The van der Waals surface area contributed by atoms with Crippen LogP contribution in [-0.4, -0.2) is 63.5 Å². The van der Waals surface area contributed by atoms with Crippen molar-refractivity contribution in [3.8, 4) is 0 Å². The van der Waals surface area contributed by atoms with E-state index in [0.29, 0.717) is 11.5 Å². The zero-order chi connectivity index (χ0) is 20.1. The molecule has 1 N–H and O–H groups in total. The number of halogens is 2. The van der Waals surface area contributed by atoms with Crippen molar-refractivity contribution < 1.29 is 9.13 Å². The fraction of sp³-hybridized carbons (Fsp3) is 0.333. The first-order valence-corrected chi connectivity index (χ1v) is 12.3. The Labute approximate surface area is 181 Å². The molecule has 2 heterocycles. The number of hydrogen-bond donors (Lipinski definition) is 1. The van der Waals surface area contributed by atoms with Crippen LogP contribution < -0.4 is 9.67 Å². The summed E-state index contributed by atoms with van der Waals surface area (Å²) in [6.45, 7) is 4.95. The molecule has 1 saturated heterocycles. The van der Waals surface area contributed by atoms with Gasteiger partial charge in [-0.3, -0.25) is 0 Å². The number of hydrogen-bond acceptors (Lipinski definition) is 5. The Morgan fingerprint density at radius 3 is 2.83 bits per heavy atom. The second kappa shape index (κ2) is 9.85. The molecule has 151 valence electrons. The monoisotopic (exact) mass is 475 g/mol. The van der Waals surface area contributed by atoms with E-state index in [0.717, 1.165) is 43.8 Å². The minimum absolute atomic E-state index is 0.0827. The summed E-state index contributed by atoms with van der Waals surface area (Å²) < 4.78 is 20.2. The Morgan fingerprint density at radius 2 is 2.00 bits per heavy atom. The molecular weight excluding hydrogens is 454 g/mol. The molecule has 1 aliphatic heterocycles. The molecule has 0 bridgehead atoms. The zero-order valence-electron chi connectivity index (χ0n) is 15.9. The molecule has 1 aliphatic rings. The first-order chi connectivity index (χ1) is 14.2. The SMILES string of the molecule is Fc1ccc(Nc2ncnc3ccc([As]CCCN4CCOCC4)cc23)cc1Cl. The molecule has 4 rings (SSSR count). The van der Waals surface area contributed by atoms with Crippen molar-refractivity contribution in [3.63, 3.8) is 0 Å². The second-order valence-electron chi connectivity index (χ2n) is 6.87. The van der Waals surface area contributed by atoms with Crippen molar-refractivity contribution >= 4 is 54.1 Å². The van der Waals surface area contributed by atoms with Gasteiger partial charge in [0.05, 0.1) is 0 Å². The van der Waals surface area contributed by atoms with Gasteiger partial charge in [0.1, 0.15) is 0 Å². The van der Waals surface area contributed by atoms with E-state index in [1.54, 1.807) is 12.1 Å². The van der Waals surface area contributed by atoms with Crippen LogP contribution in [0.25, 0.3) is 10.9 Å². The van der Waals surface area contributed by atoms with Gasteiger partial charge in [-0.1, -0.05) is 0 Å². The molecule has 0 amide bonds. The van der Waals surface area contributed by atoms with Gasteiger partial charge in [0.15, 0.2) is 0 Å². The summed E-state index contributed by atoms with van der Waals surface area (Å²) in [5.41, 5.74) is 1.58. The molecule has 8 heteroatoms. The van der Waals surface area contributed by atoms with Crippen molar-refractivity contribution in [1.82, 2.24) is 14.9 Å². The van der Waals surface area contributed by atoms with Gasteiger partial charge < -0.3 is 0 Å². The Kier molecular flexibility index (Phi) is 6.98. The maximum atomic E-state index is 13.4. The van der Waals surface area contributed by atoms with E-state index in [2.05, 4.69) is 32.3 Å². The molecule has 5 nitrogen and oxygen atoms in total. The van der Waals surface area contributed by atoms with E-state index in [-0.39, 0.29) is 20.8 Å². The predicted molar refractivity (Wildman–Crippen MR) is 116 cm³/mol. The van der Waals surface area contributed by atoms with Gasteiger partial charge in [0.25, 0.3) is 0 Å². The van der Waals surface area contributed by atoms with E-state index in [1.165, 1.54) is 28.4 Å². The van der Waals surface area contributed by atoms with Crippen molar-refractivity contribution in [3.05, 3.63) is 53.6 Å². The normalized spacial score (nSPS) is 15.4. The number of nitrogens with one attached hydrogen (secondary N) is 1. The Morgan fingerprint density at radius 1 is 1.14 bits per heavy atom. The van der Waals surface area contributed by atoms with Crippen LogP contribution in [0.4, 0.5) is 15.9 Å². The first kappa shape index (κ1) is 20.5. The summed E-state index contributed by atoms with van der Waals surface area (Å²) in [6.07, 6.45) is 2.74. The van der Waals surface area contributed by atoms with Gasteiger partial charge >= 0.3 is 181 Å². The number of anilines is 2. The standard InChI is InChI=1S/C21H22AsClFN4O/c23-18-13-16(3-4-19(18)24)27-21-17-12-15(2-5-20(17)25-14-26-21)22-6-1-7-28-8-10-29-11-9-28/h2-5,12-14H,1,6-11H2,(H,25,26,27). The summed E-state index contributed by atoms with van der Waals surface area (Å²) in [6, 6.07) is 11.0. The molecule has 2 aromatic carbocycles. The Hall–Kier alpha value is -1.72. The van der Waals surface area contributed by atoms with Gasteiger partial charge in [0.2, 0.25) is 0 Å². The van der Waals surface area contributed by atoms with E-state index in [4.69, 9.17) is 16.3 Å². The predicted octanol–water partition coefficient (Wildman–Crippen LogP) is 3.64. The number of aromatic nitrogens is 2. The zero-order valence-corrected chi connectivity index (χ0v) is 18.6. The van der Waals surface area contributed by atoms with E-state index >= 15 is 0 Å². The van der Waals surface area contributed by atoms with Gasteiger partial charge in [-0.25, -0.2) is 0 Å². The molecule has 29 heavy (non-hydrogen) atoms. The average molecular weight is 476 g/mol. The summed E-state index contributed by atoms with van der Waals surface area (Å²) in [4.78, 5) is 11.2. The molecule has 0 aliphatic carbocycles. The quantitative estimate of drug-likeness (QED) is 0.418. The van der Waals surface area contributed by atoms with Crippen LogP contribution in [0.5, 0.6) is 0 Å². The van der Waals surface area contributed by atoms with Crippen LogP contribution in [0.1, 0.15) is 6.42 Å². The number of morpholine rings is 1. The third-order valence-electron chi connectivity index (χ3n) is 4.83. The molecule has 1 aromatic heterocycles. The Balaban J connectivity index is 1.43. The van der Waals surface area contributed by atoms with Gasteiger partial charge in [0, 0.05) is 0 Å². The van der Waals surface area contributed by atoms with Crippen molar-refractivity contribution in [1.29, 1.82) is 0 Å². The van der Waals surface area contributed by atoms with Crippen LogP contribution in [-0.2, 0) is 4.74 Å². The van der Waals surface area contributed by atoms with E-state index < -0.39 is 5.82 Å². The fourth-order valence-corrected chi connectivity index (χ4v) is 5.47. The number of ether oxygens (including phenoxy) is 1. The third-order valence-corrected chi connectivity index (χ3v) is 7.60. The molecule has 0 unspecified atom stereocenters. The molecule has 3 aromatic rings. The van der Waals surface area contributed by atoms with Gasteiger partial charge in [-0.05, 0) is 0 Å². The van der Waals surface area contributed by atoms with Crippen molar-refractivity contribution in [2.24, 2.45) is 0 Å². The minimum atomic E-state index is -0.437. The van der Waals surface area contributed by atoms with Crippen molar-refractivity contribution in [2.75, 3.05) is 38.2 Å². The summed E-state index contributed by atoms with van der Waals surface area (Å²) in [5.74, 6) is 0.266. The molecule has 1 radical (unpaired) electrons. The van der Waals surface area contributed by atoms with E-state index in [1.807, 2.05) is 6.07 Å².